The number of thiophene rings is 1. The summed E-state index contributed by atoms with van der Waals surface area (Å²) in [6.45, 7) is 2.74. The van der Waals surface area contributed by atoms with Crippen LogP contribution in [-0.2, 0) is 0 Å². The Morgan fingerprint density at radius 1 is 1.64 bits per heavy atom. The van der Waals surface area contributed by atoms with Gasteiger partial charge >= 0.3 is 0 Å². The third-order valence-corrected chi connectivity index (χ3v) is 3.30. The topological polar surface area (TPSA) is 49.5 Å². The van der Waals surface area contributed by atoms with E-state index >= 15 is 0 Å². The predicted molar refractivity (Wildman–Crippen MR) is 60.4 cm³/mol. The average Bonchev–Trinajstić information content (AvgIpc) is 2.71. The normalized spacial score (nSPS) is 15.8. The molecule has 0 spiro atoms. The number of nitrogens with zero attached hydrogens (tertiary/aromatic N) is 1. The molecular formula is C10H18N2OS. The van der Waals surface area contributed by atoms with E-state index in [4.69, 9.17) is 10.8 Å². The average molecular weight is 214 g/mol. The first-order chi connectivity index (χ1) is 6.70. The summed E-state index contributed by atoms with van der Waals surface area (Å²) in [6.07, 6.45) is 0. The van der Waals surface area contributed by atoms with Crippen LogP contribution in [0.5, 0.6) is 0 Å². The molecule has 14 heavy (non-hydrogen) atoms. The molecule has 0 radical (unpaired) electrons. The number of aliphatic hydroxyl groups is 1. The highest BCUT2D eigenvalue weighted by molar-refractivity contribution is 7.07. The fourth-order valence-electron chi connectivity index (χ4n) is 1.44. The second-order valence-electron chi connectivity index (χ2n) is 3.51. The molecule has 0 saturated heterocycles. The van der Waals surface area contributed by atoms with Crippen molar-refractivity contribution < 1.29 is 5.11 Å². The van der Waals surface area contributed by atoms with Crippen molar-refractivity contribution in [1.29, 1.82) is 0 Å². The van der Waals surface area contributed by atoms with Gasteiger partial charge in [-0.25, -0.2) is 0 Å². The first kappa shape index (κ1) is 11.7. The maximum atomic E-state index is 9.07. The first-order valence-corrected chi connectivity index (χ1v) is 5.70. The molecule has 1 heterocycles. The Hall–Kier alpha value is -0.420. The number of aliphatic hydroxyl groups excluding tert-OH is 1. The maximum absolute atomic E-state index is 9.07. The van der Waals surface area contributed by atoms with E-state index in [9.17, 15) is 0 Å². The Kier molecular flexibility index (Phi) is 4.54. The van der Waals surface area contributed by atoms with Gasteiger partial charge in [0.1, 0.15) is 0 Å². The number of nitrogens with two attached hydrogens (primary N) is 1. The Bertz CT molecular complexity index is 251. The fourth-order valence-corrected chi connectivity index (χ4v) is 2.15. The molecule has 1 aromatic rings. The highest BCUT2D eigenvalue weighted by Crippen LogP contribution is 2.22. The van der Waals surface area contributed by atoms with Gasteiger partial charge in [0.05, 0.1) is 6.61 Å². The molecule has 0 aliphatic carbocycles. The van der Waals surface area contributed by atoms with Gasteiger partial charge in [-0.1, -0.05) is 0 Å². The van der Waals surface area contributed by atoms with E-state index in [0.29, 0.717) is 6.54 Å². The monoisotopic (exact) mass is 214 g/mol. The van der Waals surface area contributed by atoms with Crippen molar-refractivity contribution in [2.75, 3.05) is 20.2 Å². The number of hydrogen-bond donors (Lipinski definition) is 2. The third-order valence-electron chi connectivity index (χ3n) is 2.60. The summed E-state index contributed by atoms with van der Waals surface area (Å²) >= 11 is 1.68. The minimum absolute atomic E-state index is 0.142. The molecular weight excluding hydrogens is 196 g/mol. The van der Waals surface area contributed by atoms with E-state index in [1.54, 1.807) is 11.3 Å². The molecule has 0 aromatic carbocycles. The lowest BCUT2D eigenvalue weighted by Crippen LogP contribution is -2.38. The smallest absolute Gasteiger partial charge is 0.0584 e. The van der Waals surface area contributed by atoms with E-state index in [-0.39, 0.29) is 18.7 Å². The number of hydrogen-bond acceptors (Lipinski definition) is 4. The Balaban J connectivity index is 2.72. The largest absolute Gasteiger partial charge is 0.395 e. The van der Waals surface area contributed by atoms with Crippen LogP contribution in [0.3, 0.4) is 0 Å². The summed E-state index contributed by atoms with van der Waals surface area (Å²) in [5.41, 5.74) is 6.98. The zero-order valence-corrected chi connectivity index (χ0v) is 9.50. The van der Waals surface area contributed by atoms with Crippen LogP contribution in [0.4, 0.5) is 0 Å². The van der Waals surface area contributed by atoms with E-state index in [1.165, 1.54) is 5.56 Å². The first-order valence-electron chi connectivity index (χ1n) is 4.75. The molecule has 2 atom stereocenters. The van der Waals surface area contributed by atoms with Crippen LogP contribution < -0.4 is 5.73 Å². The summed E-state index contributed by atoms with van der Waals surface area (Å²) in [5, 5.41) is 13.2. The van der Waals surface area contributed by atoms with Gasteiger partial charge in [0.25, 0.3) is 0 Å². The van der Waals surface area contributed by atoms with E-state index in [1.807, 2.05) is 14.0 Å². The summed E-state index contributed by atoms with van der Waals surface area (Å²) in [4.78, 5) is 2.11. The molecule has 2 unspecified atom stereocenters. The molecule has 0 saturated carbocycles. The zero-order chi connectivity index (χ0) is 10.6. The second-order valence-corrected chi connectivity index (χ2v) is 4.29. The quantitative estimate of drug-likeness (QED) is 0.770. The van der Waals surface area contributed by atoms with Crippen molar-refractivity contribution >= 4 is 11.3 Å². The molecule has 1 aromatic heterocycles. The summed E-state index contributed by atoms with van der Waals surface area (Å²) < 4.78 is 0. The van der Waals surface area contributed by atoms with Gasteiger partial charge in [-0.15, -0.1) is 0 Å². The minimum Gasteiger partial charge on any atom is -0.395 e. The van der Waals surface area contributed by atoms with Crippen LogP contribution in [0.25, 0.3) is 0 Å². The second kappa shape index (κ2) is 5.46. The van der Waals surface area contributed by atoms with E-state index in [0.717, 1.165) is 0 Å². The van der Waals surface area contributed by atoms with E-state index < -0.39 is 0 Å². The lowest BCUT2D eigenvalue weighted by Gasteiger charge is -2.31. The van der Waals surface area contributed by atoms with Crippen molar-refractivity contribution in [3.05, 3.63) is 22.4 Å². The predicted octanol–water partition coefficient (Wildman–Crippen LogP) is 1.06. The molecule has 1 rings (SSSR count). The van der Waals surface area contributed by atoms with Crippen molar-refractivity contribution in [2.24, 2.45) is 5.73 Å². The minimum atomic E-state index is 0.142. The fraction of sp³-hybridized carbons (Fsp3) is 0.600. The summed E-state index contributed by atoms with van der Waals surface area (Å²) in [5.74, 6) is 0. The van der Waals surface area contributed by atoms with Crippen LogP contribution >= 0.6 is 11.3 Å². The molecule has 0 amide bonds. The molecule has 0 bridgehead atoms. The van der Waals surface area contributed by atoms with Crippen LogP contribution in [0.2, 0.25) is 0 Å². The SMILES string of the molecule is CC(CO)N(C)C(CN)c1ccsc1. The van der Waals surface area contributed by atoms with Crippen molar-refractivity contribution in [3.8, 4) is 0 Å². The molecule has 3 nitrogen and oxygen atoms in total. The van der Waals surface area contributed by atoms with E-state index in [2.05, 4.69) is 21.7 Å². The summed E-state index contributed by atoms with van der Waals surface area (Å²) in [7, 11) is 2.00. The standard InChI is InChI=1S/C10H18N2OS/c1-8(6-13)12(2)10(5-11)9-3-4-14-7-9/h3-4,7-8,10,13H,5-6,11H2,1-2H3. The van der Waals surface area contributed by atoms with Crippen molar-refractivity contribution in [2.45, 2.75) is 19.0 Å². The Morgan fingerprint density at radius 2 is 2.36 bits per heavy atom. The summed E-state index contributed by atoms with van der Waals surface area (Å²) in [6, 6.07) is 2.44. The van der Waals surface area contributed by atoms with Gasteiger partial charge in [-0.2, -0.15) is 11.3 Å². The molecule has 0 aliphatic heterocycles. The maximum Gasteiger partial charge on any atom is 0.0584 e. The van der Waals surface area contributed by atoms with Crippen LogP contribution in [0.1, 0.15) is 18.5 Å². The van der Waals surface area contributed by atoms with Gasteiger partial charge in [0, 0.05) is 18.6 Å². The molecule has 80 valence electrons. The zero-order valence-electron chi connectivity index (χ0n) is 8.68. The highest BCUT2D eigenvalue weighted by atomic mass is 32.1. The van der Waals surface area contributed by atoms with Gasteiger partial charge in [0.15, 0.2) is 0 Å². The van der Waals surface area contributed by atoms with Crippen molar-refractivity contribution in [3.63, 3.8) is 0 Å². The molecule has 4 heteroatoms. The van der Waals surface area contributed by atoms with Crippen LogP contribution in [0, 0.1) is 0 Å². The Morgan fingerprint density at radius 3 is 2.79 bits per heavy atom. The Labute approximate surface area is 89.2 Å². The van der Waals surface area contributed by atoms with Gasteiger partial charge in [-0.05, 0) is 36.4 Å². The molecule has 0 fully saturated rings. The van der Waals surface area contributed by atoms with Crippen molar-refractivity contribution in [1.82, 2.24) is 4.90 Å². The van der Waals surface area contributed by atoms with Gasteiger partial charge < -0.3 is 10.8 Å². The van der Waals surface area contributed by atoms with Crippen LogP contribution in [-0.4, -0.2) is 36.2 Å². The number of rotatable bonds is 5. The lowest BCUT2D eigenvalue weighted by atomic mass is 10.1. The third kappa shape index (κ3) is 2.54. The molecule has 0 aliphatic rings. The van der Waals surface area contributed by atoms with Gasteiger partial charge in [-0.3, -0.25) is 4.90 Å². The van der Waals surface area contributed by atoms with Crippen LogP contribution in [0.15, 0.2) is 16.8 Å². The number of likely N-dealkylation sites (N-methyl/N-ethyl adjacent to an activating group) is 1. The lowest BCUT2D eigenvalue weighted by molar-refractivity contribution is 0.123. The van der Waals surface area contributed by atoms with Gasteiger partial charge in [0.2, 0.25) is 0 Å². The highest BCUT2D eigenvalue weighted by Gasteiger charge is 2.19. The molecule has 3 N–H and O–H groups in total.